The fraction of sp³-hybridized carbons (Fsp3) is 0.188. The van der Waals surface area contributed by atoms with Crippen LogP contribution in [-0.4, -0.2) is 19.6 Å². The van der Waals surface area contributed by atoms with Gasteiger partial charge in [0.15, 0.2) is 11.5 Å². The molecule has 0 bridgehead atoms. The fourth-order valence-corrected chi connectivity index (χ4v) is 2.25. The lowest BCUT2D eigenvalue weighted by Gasteiger charge is -2.11. The summed E-state index contributed by atoms with van der Waals surface area (Å²) in [7, 11) is 1.55. The molecule has 2 aromatic rings. The quantitative estimate of drug-likeness (QED) is 0.883. The summed E-state index contributed by atoms with van der Waals surface area (Å²) in [4.78, 5) is 12.2. The third-order valence-electron chi connectivity index (χ3n) is 2.81. The van der Waals surface area contributed by atoms with Gasteiger partial charge in [-0.2, -0.15) is 0 Å². The minimum absolute atomic E-state index is 0.200. The van der Waals surface area contributed by atoms with E-state index in [1.165, 1.54) is 0 Å². The van der Waals surface area contributed by atoms with Crippen LogP contribution < -0.4 is 14.8 Å². The van der Waals surface area contributed by atoms with E-state index in [9.17, 15) is 4.79 Å². The molecule has 0 fully saturated rings. The first-order chi connectivity index (χ1) is 10.1. The monoisotopic (exact) mass is 349 g/mol. The van der Waals surface area contributed by atoms with Crippen molar-refractivity contribution in [2.24, 2.45) is 0 Å². The Hall–Kier alpha value is -2.01. The number of rotatable bonds is 5. The zero-order valence-corrected chi connectivity index (χ0v) is 13.4. The number of benzene rings is 2. The number of ether oxygens (including phenoxy) is 2. The standard InChI is InChI=1S/C16H16BrNO3/c1-3-21-14-8-7-11(9-15(14)20-2)16(19)18-13-6-4-5-12(17)10-13/h4-10H,3H2,1-2H3,(H,18,19). The van der Waals surface area contributed by atoms with Gasteiger partial charge in [-0.15, -0.1) is 0 Å². The maximum absolute atomic E-state index is 12.2. The molecule has 0 saturated heterocycles. The van der Waals surface area contributed by atoms with Crippen molar-refractivity contribution in [1.29, 1.82) is 0 Å². The molecule has 0 radical (unpaired) electrons. The number of nitrogens with one attached hydrogen (secondary N) is 1. The maximum atomic E-state index is 12.2. The Kier molecular flexibility index (Phi) is 5.22. The first kappa shape index (κ1) is 15.4. The Morgan fingerprint density at radius 1 is 1.19 bits per heavy atom. The summed E-state index contributed by atoms with van der Waals surface area (Å²) in [5.41, 5.74) is 1.23. The predicted octanol–water partition coefficient (Wildman–Crippen LogP) is 4.11. The van der Waals surface area contributed by atoms with E-state index in [1.807, 2.05) is 31.2 Å². The second-order valence-electron chi connectivity index (χ2n) is 4.26. The molecule has 110 valence electrons. The molecule has 0 atom stereocenters. The van der Waals surface area contributed by atoms with Crippen LogP contribution >= 0.6 is 15.9 Å². The first-order valence-electron chi connectivity index (χ1n) is 6.51. The van der Waals surface area contributed by atoms with E-state index in [0.717, 1.165) is 10.2 Å². The number of anilines is 1. The number of amides is 1. The van der Waals surface area contributed by atoms with Crippen LogP contribution in [-0.2, 0) is 0 Å². The van der Waals surface area contributed by atoms with E-state index in [0.29, 0.717) is 23.7 Å². The smallest absolute Gasteiger partial charge is 0.255 e. The van der Waals surface area contributed by atoms with Gasteiger partial charge in [-0.1, -0.05) is 22.0 Å². The topological polar surface area (TPSA) is 47.6 Å². The molecule has 2 aromatic carbocycles. The Bertz CT molecular complexity index is 643. The van der Waals surface area contributed by atoms with Crippen LogP contribution in [0.1, 0.15) is 17.3 Å². The van der Waals surface area contributed by atoms with Gasteiger partial charge in [-0.3, -0.25) is 4.79 Å². The van der Waals surface area contributed by atoms with Crippen LogP contribution in [0.3, 0.4) is 0 Å². The molecular weight excluding hydrogens is 334 g/mol. The number of carbonyl (C=O) groups excluding carboxylic acids is 1. The first-order valence-corrected chi connectivity index (χ1v) is 7.31. The second-order valence-corrected chi connectivity index (χ2v) is 5.18. The molecule has 0 heterocycles. The van der Waals surface area contributed by atoms with Crippen molar-refractivity contribution in [3.05, 3.63) is 52.5 Å². The summed E-state index contributed by atoms with van der Waals surface area (Å²) in [6.07, 6.45) is 0. The van der Waals surface area contributed by atoms with Gasteiger partial charge in [0.05, 0.1) is 13.7 Å². The molecule has 1 amide bonds. The van der Waals surface area contributed by atoms with Crippen LogP contribution in [0.15, 0.2) is 46.9 Å². The van der Waals surface area contributed by atoms with Crippen molar-refractivity contribution in [2.75, 3.05) is 19.0 Å². The third-order valence-corrected chi connectivity index (χ3v) is 3.30. The maximum Gasteiger partial charge on any atom is 0.255 e. The van der Waals surface area contributed by atoms with Crippen molar-refractivity contribution in [1.82, 2.24) is 0 Å². The summed E-state index contributed by atoms with van der Waals surface area (Å²) >= 11 is 3.37. The van der Waals surface area contributed by atoms with E-state index in [4.69, 9.17) is 9.47 Å². The molecular formula is C16H16BrNO3. The molecule has 0 aliphatic rings. The fourth-order valence-electron chi connectivity index (χ4n) is 1.85. The van der Waals surface area contributed by atoms with Crippen LogP contribution in [0, 0.1) is 0 Å². The van der Waals surface area contributed by atoms with Crippen molar-refractivity contribution < 1.29 is 14.3 Å². The van der Waals surface area contributed by atoms with Crippen LogP contribution in [0.4, 0.5) is 5.69 Å². The highest BCUT2D eigenvalue weighted by Crippen LogP contribution is 2.28. The normalized spacial score (nSPS) is 10.0. The molecule has 0 aliphatic carbocycles. The van der Waals surface area contributed by atoms with E-state index in [2.05, 4.69) is 21.2 Å². The second kappa shape index (κ2) is 7.13. The summed E-state index contributed by atoms with van der Waals surface area (Å²) in [6.45, 7) is 2.44. The number of carbonyl (C=O) groups is 1. The highest BCUT2D eigenvalue weighted by atomic mass is 79.9. The number of hydrogen-bond donors (Lipinski definition) is 1. The SMILES string of the molecule is CCOc1ccc(C(=O)Nc2cccc(Br)c2)cc1OC. The summed E-state index contributed by atoms with van der Waals surface area (Å²) < 4.78 is 11.6. The summed E-state index contributed by atoms with van der Waals surface area (Å²) in [6, 6.07) is 12.5. The Morgan fingerprint density at radius 3 is 2.67 bits per heavy atom. The molecule has 0 aromatic heterocycles. The summed E-state index contributed by atoms with van der Waals surface area (Å²) in [5, 5.41) is 2.84. The highest BCUT2D eigenvalue weighted by Gasteiger charge is 2.11. The molecule has 4 nitrogen and oxygen atoms in total. The average molecular weight is 350 g/mol. The molecule has 1 N–H and O–H groups in total. The van der Waals surface area contributed by atoms with Gasteiger partial charge in [0, 0.05) is 15.7 Å². The van der Waals surface area contributed by atoms with Gasteiger partial charge in [-0.05, 0) is 43.3 Å². The highest BCUT2D eigenvalue weighted by molar-refractivity contribution is 9.10. The molecule has 5 heteroatoms. The van der Waals surface area contributed by atoms with Gasteiger partial charge < -0.3 is 14.8 Å². The van der Waals surface area contributed by atoms with Crippen molar-refractivity contribution >= 4 is 27.5 Å². The van der Waals surface area contributed by atoms with Gasteiger partial charge >= 0.3 is 0 Å². The predicted molar refractivity (Wildman–Crippen MR) is 86.3 cm³/mol. The van der Waals surface area contributed by atoms with Crippen molar-refractivity contribution in [3.63, 3.8) is 0 Å². The molecule has 21 heavy (non-hydrogen) atoms. The van der Waals surface area contributed by atoms with Gasteiger partial charge in [0.25, 0.3) is 5.91 Å². The van der Waals surface area contributed by atoms with Crippen LogP contribution in [0.25, 0.3) is 0 Å². The Morgan fingerprint density at radius 2 is 2.00 bits per heavy atom. The van der Waals surface area contributed by atoms with Crippen molar-refractivity contribution in [3.8, 4) is 11.5 Å². The molecule has 2 rings (SSSR count). The number of methoxy groups -OCH3 is 1. The zero-order valence-electron chi connectivity index (χ0n) is 11.9. The lowest BCUT2D eigenvalue weighted by Crippen LogP contribution is -2.12. The third kappa shape index (κ3) is 3.98. The largest absolute Gasteiger partial charge is 0.493 e. The van der Waals surface area contributed by atoms with E-state index >= 15 is 0 Å². The number of halogens is 1. The minimum atomic E-state index is -0.200. The lowest BCUT2D eigenvalue weighted by molar-refractivity contribution is 0.102. The van der Waals surface area contributed by atoms with Crippen LogP contribution in [0.5, 0.6) is 11.5 Å². The van der Waals surface area contributed by atoms with E-state index in [1.54, 1.807) is 25.3 Å². The average Bonchev–Trinajstić information content (AvgIpc) is 2.48. The lowest BCUT2D eigenvalue weighted by atomic mass is 10.2. The Labute approximate surface area is 132 Å². The Balaban J connectivity index is 2.19. The van der Waals surface area contributed by atoms with Crippen LogP contribution in [0.2, 0.25) is 0 Å². The molecule has 0 spiro atoms. The molecule has 0 saturated carbocycles. The number of hydrogen-bond acceptors (Lipinski definition) is 3. The molecule has 0 aliphatic heterocycles. The zero-order chi connectivity index (χ0) is 15.2. The molecule has 0 unspecified atom stereocenters. The summed E-state index contributed by atoms with van der Waals surface area (Å²) in [5.74, 6) is 0.965. The van der Waals surface area contributed by atoms with Gasteiger partial charge in [0.2, 0.25) is 0 Å². The van der Waals surface area contributed by atoms with Gasteiger partial charge in [-0.25, -0.2) is 0 Å². The van der Waals surface area contributed by atoms with E-state index < -0.39 is 0 Å². The van der Waals surface area contributed by atoms with Crippen molar-refractivity contribution in [2.45, 2.75) is 6.92 Å². The van der Waals surface area contributed by atoms with Gasteiger partial charge in [0.1, 0.15) is 0 Å². The van der Waals surface area contributed by atoms with E-state index in [-0.39, 0.29) is 5.91 Å². The minimum Gasteiger partial charge on any atom is -0.493 e.